The lowest BCUT2D eigenvalue weighted by Gasteiger charge is -2.21. The average molecular weight is 441 g/mol. The Morgan fingerprint density at radius 1 is 0.935 bits per heavy atom. The van der Waals surface area contributed by atoms with Gasteiger partial charge < -0.3 is 14.8 Å². The van der Waals surface area contributed by atoms with Crippen molar-refractivity contribution >= 4 is 27.3 Å². The standard InChI is InChI=1S/C23H24N2O5S/c1-4-30-21-11-7-5-9-19(21)24-23(26)17-13-15-18(16-14-17)31(27,28)25(2)20-10-6-8-12-22(20)29-3/h5-16H,4H2,1-3H3,(H,24,26). The summed E-state index contributed by atoms with van der Waals surface area (Å²) in [6.07, 6.45) is 0. The van der Waals surface area contributed by atoms with Crippen LogP contribution in [0.1, 0.15) is 17.3 Å². The molecular weight excluding hydrogens is 416 g/mol. The highest BCUT2D eigenvalue weighted by molar-refractivity contribution is 7.92. The van der Waals surface area contributed by atoms with E-state index in [1.807, 2.05) is 13.0 Å². The monoisotopic (exact) mass is 440 g/mol. The topological polar surface area (TPSA) is 84.9 Å². The SMILES string of the molecule is CCOc1ccccc1NC(=O)c1ccc(S(=O)(=O)N(C)c2ccccc2OC)cc1. The van der Waals surface area contributed by atoms with Crippen LogP contribution < -0.4 is 19.1 Å². The Bertz CT molecular complexity index is 1160. The smallest absolute Gasteiger partial charge is 0.264 e. The third-order valence-electron chi connectivity index (χ3n) is 4.63. The number of carbonyl (C=O) groups is 1. The highest BCUT2D eigenvalue weighted by Crippen LogP contribution is 2.31. The number of hydrogen-bond acceptors (Lipinski definition) is 5. The molecule has 1 amide bonds. The van der Waals surface area contributed by atoms with E-state index in [0.29, 0.717) is 35.0 Å². The maximum Gasteiger partial charge on any atom is 0.264 e. The lowest BCUT2D eigenvalue weighted by Crippen LogP contribution is -2.27. The highest BCUT2D eigenvalue weighted by atomic mass is 32.2. The normalized spacial score (nSPS) is 10.9. The first kappa shape index (κ1) is 22.2. The molecule has 3 aromatic rings. The second-order valence-corrected chi connectivity index (χ2v) is 8.52. The van der Waals surface area contributed by atoms with Crippen LogP contribution in [0.5, 0.6) is 11.5 Å². The molecule has 0 aliphatic rings. The second-order valence-electron chi connectivity index (χ2n) is 6.55. The fraction of sp³-hybridized carbons (Fsp3) is 0.174. The number of amides is 1. The molecule has 0 spiro atoms. The Labute approximate surface area is 182 Å². The van der Waals surface area contributed by atoms with Crippen LogP contribution in [0.2, 0.25) is 0 Å². The third-order valence-corrected chi connectivity index (χ3v) is 6.42. The first-order valence-electron chi connectivity index (χ1n) is 9.63. The summed E-state index contributed by atoms with van der Waals surface area (Å²) >= 11 is 0. The maximum absolute atomic E-state index is 13.0. The van der Waals surface area contributed by atoms with Crippen molar-refractivity contribution in [2.24, 2.45) is 0 Å². The van der Waals surface area contributed by atoms with Gasteiger partial charge in [0.15, 0.2) is 0 Å². The quantitative estimate of drug-likeness (QED) is 0.568. The van der Waals surface area contributed by atoms with E-state index in [2.05, 4.69) is 5.32 Å². The minimum Gasteiger partial charge on any atom is -0.495 e. The number of hydrogen-bond donors (Lipinski definition) is 1. The first-order valence-corrected chi connectivity index (χ1v) is 11.1. The van der Waals surface area contributed by atoms with E-state index >= 15 is 0 Å². The fourth-order valence-corrected chi connectivity index (χ4v) is 4.21. The maximum atomic E-state index is 13.0. The molecule has 31 heavy (non-hydrogen) atoms. The van der Waals surface area contributed by atoms with E-state index in [1.54, 1.807) is 42.5 Å². The van der Waals surface area contributed by atoms with Gasteiger partial charge in [0, 0.05) is 12.6 Å². The number of nitrogens with zero attached hydrogens (tertiary/aromatic N) is 1. The van der Waals surface area contributed by atoms with Crippen molar-refractivity contribution in [1.29, 1.82) is 0 Å². The Morgan fingerprint density at radius 2 is 1.55 bits per heavy atom. The van der Waals surface area contributed by atoms with Gasteiger partial charge >= 0.3 is 0 Å². The van der Waals surface area contributed by atoms with Gasteiger partial charge in [0.1, 0.15) is 11.5 Å². The number of anilines is 2. The molecule has 0 aromatic heterocycles. The lowest BCUT2D eigenvalue weighted by molar-refractivity contribution is 0.102. The molecule has 0 aliphatic heterocycles. The minimum atomic E-state index is -3.84. The van der Waals surface area contributed by atoms with Gasteiger partial charge in [-0.15, -0.1) is 0 Å². The summed E-state index contributed by atoms with van der Waals surface area (Å²) in [5.41, 5.74) is 1.28. The molecule has 0 saturated heterocycles. The Hall–Kier alpha value is -3.52. The summed E-state index contributed by atoms with van der Waals surface area (Å²) in [5.74, 6) is 0.641. The largest absolute Gasteiger partial charge is 0.495 e. The van der Waals surface area contributed by atoms with Crippen LogP contribution in [0.15, 0.2) is 77.7 Å². The lowest BCUT2D eigenvalue weighted by atomic mass is 10.2. The molecule has 0 saturated carbocycles. The average Bonchev–Trinajstić information content (AvgIpc) is 2.80. The summed E-state index contributed by atoms with van der Waals surface area (Å²) in [6.45, 7) is 2.33. The molecule has 0 unspecified atom stereocenters. The number of para-hydroxylation sites is 4. The highest BCUT2D eigenvalue weighted by Gasteiger charge is 2.24. The van der Waals surface area contributed by atoms with Gasteiger partial charge in [-0.2, -0.15) is 0 Å². The second kappa shape index (κ2) is 9.53. The van der Waals surface area contributed by atoms with Crippen molar-refractivity contribution in [2.45, 2.75) is 11.8 Å². The van der Waals surface area contributed by atoms with Gasteiger partial charge in [-0.05, 0) is 55.5 Å². The van der Waals surface area contributed by atoms with Crippen LogP contribution in [0.25, 0.3) is 0 Å². The molecule has 0 radical (unpaired) electrons. The summed E-state index contributed by atoms with van der Waals surface area (Å²) in [4.78, 5) is 12.7. The van der Waals surface area contributed by atoms with E-state index in [0.717, 1.165) is 4.31 Å². The van der Waals surface area contributed by atoms with Gasteiger partial charge in [0.05, 0.1) is 30.0 Å². The Morgan fingerprint density at radius 3 is 2.19 bits per heavy atom. The zero-order valence-corrected chi connectivity index (χ0v) is 18.3. The third kappa shape index (κ3) is 4.80. The molecule has 3 aromatic carbocycles. The van der Waals surface area contributed by atoms with E-state index in [9.17, 15) is 13.2 Å². The first-order chi connectivity index (χ1) is 14.9. The van der Waals surface area contributed by atoms with Crippen molar-refractivity contribution in [2.75, 3.05) is 30.4 Å². The summed E-state index contributed by atoms with van der Waals surface area (Å²) in [5, 5.41) is 2.79. The zero-order valence-electron chi connectivity index (χ0n) is 17.5. The van der Waals surface area contributed by atoms with Crippen LogP contribution in [0, 0.1) is 0 Å². The van der Waals surface area contributed by atoms with Gasteiger partial charge in [-0.3, -0.25) is 9.10 Å². The number of carbonyl (C=O) groups excluding carboxylic acids is 1. The van der Waals surface area contributed by atoms with Crippen LogP contribution in [-0.4, -0.2) is 35.1 Å². The molecule has 0 atom stereocenters. The predicted octanol–water partition coefficient (Wildman–Crippen LogP) is 4.17. The zero-order chi connectivity index (χ0) is 22.4. The molecule has 162 valence electrons. The minimum absolute atomic E-state index is 0.0622. The summed E-state index contributed by atoms with van der Waals surface area (Å²) in [7, 11) is -0.899. The Balaban J connectivity index is 1.81. The number of nitrogens with one attached hydrogen (secondary N) is 1. The van der Waals surface area contributed by atoms with Crippen LogP contribution in [0.4, 0.5) is 11.4 Å². The molecule has 3 rings (SSSR count). The van der Waals surface area contributed by atoms with Gasteiger partial charge in [0.2, 0.25) is 0 Å². The number of benzene rings is 3. The summed E-state index contributed by atoms with van der Waals surface area (Å²) in [6, 6.07) is 19.7. The van der Waals surface area contributed by atoms with Crippen LogP contribution in [0.3, 0.4) is 0 Å². The molecule has 0 bridgehead atoms. The van der Waals surface area contributed by atoms with Crippen LogP contribution >= 0.6 is 0 Å². The van der Waals surface area contributed by atoms with Crippen molar-refractivity contribution in [3.05, 3.63) is 78.4 Å². The number of ether oxygens (including phenoxy) is 2. The van der Waals surface area contributed by atoms with Crippen molar-refractivity contribution < 1.29 is 22.7 Å². The molecular formula is C23H24N2O5S. The molecule has 1 N–H and O–H groups in total. The van der Waals surface area contributed by atoms with Crippen molar-refractivity contribution in [3.8, 4) is 11.5 Å². The number of methoxy groups -OCH3 is 1. The predicted molar refractivity (Wildman–Crippen MR) is 121 cm³/mol. The van der Waals surface area contributed by atoms with E-state index in [4.69, 9.17) is 9.47 Å². The Kier molecular flexibility index (Phi) is 6.81. The van der Waals surface area contributed by atoms with Crippen molar-refractivity contribution in [1.82, 2.24) is 0 Å². The van der Waals surface area contributed by atoms with Gasteiger partial charge in [-0.1, -0.05) is 24.3 Å². The van der Waals surface area contributed by atoms with E-state index in [1.165, 1.54) is 38.4 Å². The molecule has 0 fully saturated rings. The molecule has 7 nitrogen and oxygen atoms in total. The molecule has 0 heterocycles. The summed E-state index contributed by atoms with van der Waals surface area (Å²) < 4.78 is 38.0. The van der Waals surface area contributed by atoms with Crippen molar-refractivity contribution in [3.63, 3.8) is 0 Å². The van der Waals surface area contributed by atoms with E-state index < -0.39 is 10.0 Å². The fourth-order valence-electron chi connectivity index (χ4n) is 3.00. The van der Waals surface area contributed by atoms with E-state index in [-0.39, 0.29) is 10.8 Å². The van der Waals surface area contributed by atoms with Gasteiger partial charge in [-0.25, -0.2) is 8.42 Å². The molecule has 0 aliphatic carbocycles. The number of sulfonamides is 1. The van der Waals surface area contributed by atoms with Gasteiger partial charge in [0.25, 0.3) is 15.9 Å². The van der Waals surface area contributed by atoms with Crippen LogP contribution in [-0.2, 0) is 10.0 Å². The molecule has 8 heteroatoms. The number of rotatable bonds is 8.